The van der Waals surface area contributed by atoms with Gasteiger partial charge in [-0.1, -0.05) is 11.6 Å². The van der Waals surface area contributed by atoms with Crippen molar-refractivity contribution >= 4 is 62.9 Å². The van der Waals surface area contributed by atoms with E-state index >= 15 is 0 Å². The zero-order chi connectivity index (χ0) is 45.4. The molecule has 2 fully saturated rings. The van der Waals surface area contributed by atoms with Gasteiger partial charge in [-0.05, 0) is 116 Å². The summed E-state index contributed by atoms with van der Waals surface area (Å²) in [5, 5.41) is 6.95. The van der Waals surface area contributed by atoms with Gasteiger partial charge in [0.2, 0.25) is 11.8 Å². The lowest BCUT2D eigenvalue weighted by Gasteiger charge is -2.30. The SMILES string of the molecule is COc1ncc(C2CCCN2C(=O)OC(C)(C)C)c2cc(Cl)ncc12.COc1ncc(C2CCCN2C(=O)OC(C)(C)C)c2cc(Nc3ccc4c(n3)CC(C)(C)OC4=O)ncc12. The van der Waals surface area contributed by atoms with Crippen LogP contribution >= 0.6 is 11.6 Å². The molecule has 0 spiro atoms. The van der Waals surface area contributed by atoms with Crippen LogP contribution in [0.5, 0.6) is 11.8 Å². The summed E-state index contributed by atoms with van der Waals surface area (Å²) >= 11 is 6.10. The Hall–Kier alpha value is -6.03. The lowest BCUT2D eigenvalue weighted by molar-refractivity contribution is -0.00723. The minimum absolute atomic E-state index is 0.103. The highest BCUT2D eigenvalue weighted by Gasteiger charge is 2.37. The number of carbonyl (C=O) groups excluding carboxylic acids is 3. The molecular formula is C46H55ClN8O8. The van der Waals surface area contributed by atoms with E-state index in [0.717, 1.165) is 58.4 Å². The second-order valence-electron chi connectivity index (χ2n) is 18.4. The molecule has 63 heavy (non-hydrogen) atoms. The molecule has 2 atom stereocenters. The van der Waals surface area contributed by atoms with E-state index in [9.17, 15) is 14.4 Å². The molecule has 2 unspecified atom stereocenters. The van der Waals surface area contributed by atoms with Crippen molar-refractivity contribution in [1.29, 1.82) is 0 Å². The van der Waals surface area contributed by atoms with Crippen molar-refractivity contribution in [3.63, 3.8) is 0 Å². The summed E-state index contributed by atoms with van der Waals surface area (Å²) < 4.78 is 27.5. The number of pyridine rings is 5. The Morgan fingerprint density at radius 3 is 1.79 bits per heavy atom. The van der Waals surface area contributed by atoms with Gasteiger partial charge in [-0.15, -0.1) is 0 Å². The standard InChI is InChI=1S/C28H33N5O5.C18H22ClN3O3/c1-27(2,3)38-26(35)33-11-7-8-21(33)18-14-30-24(36-6)19-15-29-23(12-17(18)19)32-22-10-9-16-20(31-22)13-28(4,5)37-25(16)34;1-18(2,3)25-17(23)22-7-5-6-14(22)12-9-21-16(24-4)13-10-20-15(19)8-11(12)13/h9-10,12,14-15,21H,7-8,11,13H2,1-6H3,(H,29,31,32);8-10,14H,5-7H2,1-4H3. The smallest absolute Gasteiger partial charge is 0.410 e. The van der Waals surface area contributed by atoms with Crippen LogP contribution in [0.3, 0.4) is 0 Å². The second kappa shape index (κ2) is 17.6. The van der Waals surface area contributed by atoms with E-state index in [1.165, 1.54) is 0 Å². The molecule has 0 saturated carbocycles. The first-order chi connectivity index (χ1) is 29.7. The number of hydrogen-bond acceptors (Lipinski definition) is 14. The van der Waals surface area contributed by atoms with E-state index in [0.29, 0.717) is 59.3 Å². The van der Waals surface area contributed by atoms with Crippen LogP contribution in [0.4, 0.5) is 21.2 Å². The number of nitrogens with zero attached hydrogens (tertiary/aromatic N) is 7. The molecule has 0 aromatic carbocycles. The lowest BCUT2D eigenvalue weighted by Crippen LogP contribution is -2.36. The molecule has 17 heteroatoms. The minimum Gasteiger partial charge on any atom is -0.481 e. The lowest BCUT2D eigenvalue weighted by atomic mass is 9.95. The number of cyclic esters (lactones) is 1. The summed E-state index contributed by atoms with van der Waals surface area (Å²) in [6.45, 7) is 16.2. The Labute approximate surface area is 372 Å². The van der Waals surface area contributed by atoms with Crippen LogP contribution < -0.4 is 14.8 Å². The van der Waals surface area contributed by atoms with Crippen LogP contribution in [0.2, 0.25) is 5.15 Å². The Kier molecular flexibility index (Phi) is 12.6. The van der Waals surface area contributed by atoms with Crippen LogP contribution in [-0.4, -0.2) is 97.0 Å². The zero-order valence-electron chi connectivity index (χ0n) is 37.5. The molecule has 2 saturated heterocycles. The van der Waals surface area contributed by atoms with Crippen LogP contribution in [0.15, 0.2) is 49.1 Å². The fraction of sp³-hybridized carbons (Fsp3) is 0.478. The number of halogens is 1. The fourth-order valence-corrected chi connectivity index (χ4v) is 8.35. The van der Waals surface area contributed by atoms with Gasteiger partial charge in [0.25, 0.3) is 0 Å². The molecule has 0 bridgehead atoms. The Morgan fingerprint density at radius 2 is 1.27 bits per heavy atom. The van der Waals surface area contributed by atoms with Crippen molar-refractivity contribution in [1.82, 2.24) is 34.7 Å². The third-order valence-corrected chi connectivity index (χ3v) is 11.0. The molecule has 334 valence electrons. The largest absolute Gasteiger partial charge is 0.481 e. The molecule has 0 radical (unpaired) electrons. The van der Waals surface area contributed by atoms with Gasteiger partial charge in [0.1, 0.15) is 33.6 Å². The third kappa shape index (κ3) is 10.1. The topological polar surface area (TPSA) is 180 Å². The van der Waals surface area contributed by atoms with Crippen LogP contribution in [0, 0.1) is 0 Å². The molecule has 2 amide bonds. The summed E-state index contributed by atoms with van der Waals surface area (Å²) in [5.74, 6) is 1.72. The number of rotatable bonds is 6. The molecular weight excluding hydrogens is 828 g/mol. The van der Waals surface area contributed by atoms with Crippen LogP contribution in [0.25, 0.3) is 21.5 Å². The maximum atomic E-state index is 13.0. The summed E-state index contributed by atoms with van der Waals surface area (Å²) in [6, 6.07) is 6.88. The predicted molar refractivity (Wildman–Crippen MR) is 238 cm³/mol. The summed E-state index contributed by atoms with van der Waals surface area (Å²) in [5.41, 5.74) is 1.26. The van der Waals surface area contributed by atoms with Gasteiger partial charge >= 0.3 is 18.2 Å². The maximum Gasteiger partial charge on any atom is 0.410 e. The molecule has 16 nitrogen and oxygen atoms in total. The van der Waals surface area contributed by atoms with Gasteiger partial charge < -0.3 is 38.8 Å². The first-order valence-corrected chi connectivity index (χ1v) is 21.4. The number of esters is 1. The summed E-state index contributed by atoms with van der Waals surface area (Å²) in [4.78, 5) is 63.7. The molecule has 1 N–H and O–H groups in total. The maximum absolute atomic E-state index is 13.0. The van der Waals surface area contributed by atoms with Crippen LogP contribution in [0.1, 0.15) is 120 Å². The normalized spacial score (nSPS) is 18.3. The number of likely N-dealkylation sites (tertiary alicyclic amines) is 2. The number of methoxy groups -OCH3 is 2. The van der Waals surface area contributed by atoms with E-state index < -0.39 is 16.8 Å². The van der Waals surface area contributed by atoms with Crippen molar-refractivity contribution in [3.8, 4) is 11.8 Å². The van der Waals surface area contributed by atoms with Crippen molar-refractivity contribution in [3.05, 3.63) is 76.6 Å². The highest BCUT2D eigenvalue weighted by atomic mass is 35.5. The van der Waals surface area contributed by atoms with Gasteiger partial charge in [-0.25, -0.2) is 39.3 Å². The first kappa shape index (κ1) is 45.0. The molecule has 3 aliphatic rings. The molecule has 8 heterocycles. The highest BCUT2D eigenvalue weighted by molar-refractivity contribution is 6.30. The average Bonchev–Trinajstić information content (AvgIpc) is 3.90. The zero-order valence-corrected chi connectivity index (χ0v) is 38.3. The first-order valence-electron chi connectivity index (χ1n) is 21.0. The number of ether oxygens (including phenoxy) is 5. The van der Waals surface area contributed by atoms with Crippen molar-refractivity contribution < 1.29 is 38.1 Å². The molecule has 5 aromatic heterocycles. The van der Waals surface area contributed by atoms with Crippen molar-refractivity contribution in [2.45, 2.75) is 116 Å². The Balaban J connectivity index is 0.000000206. The monoisotopic (exact) mass is 882 g/mol. The van der Waals surface area contributed by atoms with E-state index in [4.69, 9.17) is 35.3 Å². The number of anilines is 2. The van der Waals surface area contributed by atoms with Crippen LogP contribution in [-0.2, 0) is 20.6 Å². The number of nitrogens with one attached hydrogen (secondary N) is 1. The number of aromatic nitrogens is 5. The molecule has 3 aliphatic heterocycles. The quantitative estimate of drug-likeness (QED) is 0.0967. The van der Waals surface area contributed by atoms with Gasteiger partial charge in [0, 0.05) is 55.4 Å². The molecule has 0 aliphatic carbocycles. The van der Waals surface area contributed by atoms with Gasteiger partial charge in [0.05, 0.1) is 48.3 Å². The number of hydrogen-bond donors (Lipinski definition) is 1. The second-order valence-corrected chi connectivity index (χ2v) is 18.8. The average molecular weight is 883 g/mol. The van der Waals surface area contributed by atoms with E-state index in [2.05, 4.69) is 30.2 Å². The van der Waals surface area contributed by atoms with Crippen molar-refractivity contribution in [2.75, 3.05) is 32.6 Å². The summed E-state index contributed by atoms with van der Waals surface area (Å²) in [6.07, 6.45) is 10.2. The van der Waals surface area contributed by atoms with E-state index in [1.807, 2.05) is 61.5 Å². The number of fused-ring (bicyclic) bond motifs is 3. The Bertz CT molecular complexity index is 2560. The molecule has 8 rings (SSSR count). The van der Waals surface area contributed by atoms with E-state index in [-0.39, 0.29) is 30.2 Å². The summed E-state index contributed by atoms with van der Waals surface area (Å²) in [7, 11) is 3.14. The number of carbonyl (C=O) groups is 3. The van der Waals surface area contributed by atoms with E-state index in [1.54, 1.807) is 67.0 Å². The molecule has 5 aromatic rings. The Morgan fingerprint density at radius 1 is 0.746 bits per heavy atom. The van der Waals surface area contributed by atoms with Gasteiger partial charge in [0.15, 0.2) is 0 Å². The van der Waals surface area contributed by atoms with Crippen molar-refractivity contribution in [2.24, 2.45) is 0 Å². The van der Waals surface area contributed by atoms with Gasteiger partial charge in [-0.3, -0.25) is 0 Å². The number of amides is 2. The minimum atomic E-state index is -0.614. The fourth-order valence-electron chi connectivity index (χ4n) is 8.19. The van der Waals surface area contributed by atoms with Gasteiger partial charge in [-0.2, -0.15) is 0 Å². The highest BCUT2D eigenvalue weighted by Crippen LogP contribution is 2.41. The predicted octanol–water partition coefficient (Wildman–Crippen LogP) is 9.70. The third-order valence-electron chi connectivity index (χ3n) is 10.8.